The van der Waals surface area contributed by atoms with Crippen molar-refractivity contribution >= 4 is 5.91 Å². The van der Waals surface area contributed by atoms with Crippen LogP contribution in [0.3, 0.4) is 0 Å². The number of aromatic nitrogens is 2. The summed E-state index contributed by atoms with van der Waals surface area (Å²) < 4.78 is 66.8. The molecule has 0 spiro atoms. The highest BCUT2D eigenvalue weighted by molar-refractivity contribution is 5.92. The van der Waals surface area contributed by atoms with E-state index in [1.807, 2.05) is 0 Å². The van der Waals surface area contributed by atoms with E-state index < -0.39 is 34.5 Å². The van der Waals surface area contributed by atoms with Crippen molar-refractivity contribution in [3.8, 4) is 0 Å². The average Bonchev–Trinajstić information content (AvgIpc) is 2.56. The maximum atomic E-state index is 13.6. The topological polar surface area (TPSA) is 60.9 Å². The third-order valence-electron chi connectivity index (χ3n) is 5.07. The minimum atomic E-state index is -4.25. The number of amides is 1. The number of alkyl halides is 5. The average molecular weight is 337 g/mol. The Labute approximate surface area is 128 Å². The SMILES string of the molecule is Cc1c(C(C)(F)F)nn(CC23CC(C(F)(F)F)(C2)C3)c1C(N)=O. The number of carbonyl (C=O) groups is 1. The van der Waals surface area contributed by atoms with E-state index in [9.17, 15) is 26.7 Å². The van der Waals surface area contributed by atoms with Gasteiger partial charge in [-0.2, -0.15) is 27.1 Å². The van der Waals surface area contributed by atoms with Gasteiger partial charge in [-0.25, -0.2) is 0 Å². The first kappa shape index (κ1) is 16.2. The number of halogens is 5. The van der Waals surface area contributed by atoms with Gasteiger partial charge in [-0.1, -0.05) is 0 Å². The Balaban J connectivity index is 1.87. The molecule has 1 aromatic heterocycles. The molecule has 3 aliphatic rings. The fourth-order valence-corrected chi connectivity index (χ4v) is 4.18. The van der Waals surface area contributed by atoms with Crippen LogP contribution < -0.4 is 5.73 Å². The maximum Gasteiger partial charge on any atom is 0.394 e. The van der Waals surface area contributed by atoms with Gasteiger partial charge in [0, 0.05) is 19.0 Å². The highest BCUT2D eigenvalue weighted by Gasteiger charge is 2.78. The Morgan fingerprint density at radius 2 is 1.78 bits per heavy atom. The lowest BCUT2D eigenvalue weighted by atomic mass is 9.35. The van der Waals surface area contributed by atoms with Gasteiger partial charge in [0.15, 0.2) is 0 Å². The third kappa shape index (κ3) is 2.15. The predicted molar refractivity (Wildman–Crippen MR) is 69.8 cm³/mol. The van der Waals surface area contributed by atoms with Crippen molar-refractivity contribution < 1.29 is 26.7 Å². The largest absolute Gasteiger partial charge is 0.394 e. The molecule has 3 aliphatic carbocycles. The number of carbonyl (C=O) groups excluding carboxylic acids is 1. The zero-order valence-electron chi connectivity index (χ0n) is 12.6. The van der Waals surface area contributed by atoms with Crippen LogP contribution in [0.5, 0.6) is 0 Å². The molecule has 3 saturated carbocycles. The number of nitrogens with zero attached hydrogens (tertiary/aromatic N) is 2. The van der Waals surface area contributed by atoms with Crippen molar-refractivity contribution in [1.82, 2.24) is 9.78 Å². The Morgan fingerprint density at radius 1 is 1.26 bits per heavy atom. The van der Waals surface area contributed by atoms with Gasteiger partial charge in [-0.05, 0) is 31.6 Å². The minimum absolute atomic E-state index is 0.0000231. The molecule has 0 aliphatic heterocycles. The number of hydrogen-bond acceptors (Lipinski definition) is 2. The van der Waals surface area contributed by atoms with E-state index in [0.29, 0.717) is 6.92 Å². The molecule has 0 radical (unpaired) electrons. The smallest absolute Gasteiger partial charge is 0.364 e. The molecule has 0 atom stereocenters. The van der Waals surface area contributed by atoms with Crippen molar-refractivity contribution in [2.24, 2.45) is 16.6 Å². The number of hydrogen-bond donors (Lipinski definition) is 1. The quantitative estimate of drug-likeness (QED) is 0.858. The lowest BCUT2D eigenvalue weighted by Crippen LogP contribution is -2.69. The summed E-state index contributed by atoms with van der Waals surface area (Å²) in [5, 5.41) is 3.76. The van der Waals surface area contributed by atoms with Crippen LogP contribution in [-0.4, -0.2) is 21.9 Å². The lowest BCUT2D eigenvalue weighted by Gasteiger charge is -2.70. The minimum Gasteiger partial charge on any atom is -0.364 e. The van der Waals surface area contributed by atoms with Gasteiger partial charge in [0.1, 0.15) is 11.4 Å². The van der Waals surface area contributed by atoms with Crippen LogP contribution in [0, 0.1) is 17.8 Å². The van der Waals surface area contributed by atoms with Crippen molar-refractivity contribution in [3.05, 3.63) is 17.0 Å². The van der Waals surface area contributed by atoms with Crippen LogP contribution in [0.4, 0.5) is 22.0 Å². The monoisotopic (exact) mass is 337 g/mol. The molecule has 1 heterocycles. The summed E-state index contributed by atoms with van der Waals surface area (Å²) >= 11 is 0. The molecule has 23 heavy (non-hydrogen) atoms. The number of rotatable bonds is 4. The van der Waals surface area contributed by atoms with Gasteiger partial charge in [0.2, 0.25) is 0 Å². The highest BCUT2D eigenvalue weighted by atomic mass is 19.4. The Morgan fingerprint density at radius 3 is 2.17 bits per heavy atom. The fraction of sp³-hybridized carbons (Fsp3) is 0.714. The van der Waals surface area contributed by atoms with E-state index in [2.05, 4.69) is 5.10 Å². The van der Waals surface area contributed by atoms with E-state index in [1.165, 1.54) is 6.92 Å². The molecular formula is C14H16F5N3O. The molecule has 4 nitrogen and oxygen atoms in total. The van der Waals surface area contributed by atoms with E-state index in [0.717, 1.165) is 4.68 Å². The summed E-state index contributed by atoms with van der Waals surface area (Å²) in [5.41, 5.74) is 2.22. The first-order valence-corrected chi connectivity index (χ1v) is 7.13. The fourth-order valence-electron chi connectivity index (χ4n) is 4.18. The summed E-state index contributed by atoms with van der Waals surface area (Å²) in [6, 6.07) is 0. The van der Waals surface area contributed by atoms with Crippen LogP contribution in [0.1, 0.15) is 47.9 Å². The molecular weight excluding hydrogens is 321 g/mol. The Kier molecular flexibility index (Phi) is 2.99. The van der Waals surface area contributed by atoms with Crippen LogP contribution in [0.25, 0.3) is 0 Å². The van der Waals surface area contributed by atoms with Crippen molar-refractivity contribution in [2.45, 2.75) is 51.8 Å². The van der Waals surface area contributed by atoms with Gasteiger partial charge in [-0.15, -0.1) is 0 Å². The van der Waals surface area contributed by atoms with Gasteiger partial charge in [0.25, 0.3) is 11.8 Å². The van der Waals surface area contributed by atoms with E-state index >= 15 is 0 Å². The summed E-state index contributed by atoms with van der Waals surface area (Å²) in [4.78, 5) is 11.5. The van der Waals surface area contributed by atoms with Crippen LogP contribution in [0.2, 0.25) is 0 Å². The normalized spacial score (nSPS) is 29.9. The molecule has 2 bridgehead atoms. The lowest BCUT2D eigenvalue weighted by molar-refractivity contribution is -0.366. The number of nitrogens with two attached hydrogens (primary N) is 1. The second kappa shape index (κ2) is 4.24. The van der Waals surface area contributed by atoms with E-state index in [-0.39, 0.29) is 37.1 Å². The molecule has 0 aromatic carbocycles. The molecule has 1 amide bonds. The summed E-state index contributed by atoms with van der Waals surface area (Å²) in [6.45, 7) is 1.96. The Hall–Kier alpha value is -1.67. The molecule has 128 valence electrons. The summed E-state index contributed by atoms with van der Waals surface area (Å²) in [7, 11) is 0. The second-order valence-corrected chi connectivity index (χ2v) is 7.04. The zero-order valence-corrected chi connectivity index (χ0v) is 12.6. The van der Waals surface area contributed by atoms with Gasteiger partial charge in [-0.3, -0.25) is 9.48 Å². The summed E-state index contributed by atoms with van der Waals surface area (Å²) in [6.07, 6.45) is -4.42. The van der Waals surface area contributed by atoms with Gasteiger partial charge < -0.3 is 5.73 Å². The van der Waals surface area contributed by atoms with Gasteiger partial charge >= 0.3 is 6.18 Å². The zero-order chi connectivity index (χ0) is 17.4. The molecule has 9 heteroatoms. The van der Waals surface area contributed by atoms with Crippen molar-refractivity contribution in [2.75, 3.05) is 0 Å². The number of primary amides is 1. The highest BCUT2D eigenvalue weighted by Crippen LogP contribution is 2.78. The van der Waals surface area contributed by atoms with Crippen LogP contribution in [0.15, 0.2) is 0 Å². The molecule has 0 saturated heterocycles. The summed E-state index contributed by atoms with van der Waals surface area (Å²) in [5.74, 6) is -4.17. The molecule has 4 rings (SSSR count). The van der Waals surface area contributed by atoms with Crippen LogP contribution in [-0.2, 0) is 12.5 Å². The molecule has 1 aromatic rings. The standard InChI is InChI=1S/C14H16F5N3O/c1-7-8(10(20)23)22(21-9(7)11(2,15)16)6-12-3-13(4-12,5-12)14(17,18)19/h3-6H2,1-2H3,(H2,20,23). The molecule has 3 fully saturated rings. The second-order valence-electron chi connectivity index (χ2n) is 7.04. The van der Waals surface area contributed by atoms with Crippen LogP contribution >= 0.6 is 0 Å². The van der Waals surface area contributed by atoms with Crippen molar-refractivity contribution in [3.63, 3.8) is 0 Å². The third-order valence-corrected chi connectivity index (χ3v) is 5.07. The molecule has 0 unspecified atom stereocenters. The van der Waals surface area contributed by atoms with E-state index in [4.69, 9.17) is 5.73 Å². The van der Waals surface area contributed by atoms with Gasteiger partial charge in [0.05, 0.1) is 5.41 Å². The first-order chi connectivity index (χ1) is 10.3. The van der Waals surface area contributed by atoms with Crippen molar-refractivity contribution in [1.29, 1.82) is 0 Å². The van der Waals surface area contributed by atoms with E-state index in [1.54, 1.807) is 0 Å². The molecule has 2 N–H and O–H groups in total. The Bertz CT molecular complexity index is 666. The first-order valence-electron chi connectivity index (χ1n) is 7.13. The maximum absolute atomic E-state index is 13.6. The predicted octanol–water partition coefficient (Wildman–Crippen LogP) is 3.13.